The van der Waals surface area contributed by atoms with Crippen molar-refractivity contribution in [2.75, 3.05) is 13.7 Å². The molecule has 7 heteroatoms. The van der Waals surface area contributed by atoms with Crippen molar-refractivity contribution in [1.29, 1.82) is 0 Å². The summed E-state index contributed by atoms with van der Waals surface area (Å²) in [6.45, 7) is 7.89. The monoisotopic (exact) mass is 311 g/mol. The van der Waals surface area contributed by atoms with Gasteiger partial charge in [0.1, 0.15) is 11.3 Å². The SMILES string of the molecule is COC(=O)c1c(C)[nH]c(C(=O)OCC(=O)OC(C)(C)C)c1C. The molecule has 0 fully saturated rings. The van der Waals surface area contributed by atoms with Gasteiger partial charge in [0.25, 0.3) is 0 Å². The molecule has 1 aromatic heterocycles. The summed E-state index contributed by atoms with van der Waals surface area (Å²) >= 11 is 0. The van der Waals surface area contributed by atoms with E-state index >= 15 is 0 Å². The molecule has 7 nitrogen and oxygen atoms in total. The quantitative estimate of drug-likeness (QED) is 0.674. The lowest BCUT2D eigenvalue weighted by molar-refractivity contribution is -0.158. The van der Waals surface area contributed by atoms with E-state index in [4.69, 9.17) is 9.47 Å². The fourth-order valence-electron chi connectivity index (χ4n) is 1.93. The maximum absolute atomic E-state index is 12.0. The van der Waals surface area contributed by atoms with Crippen LogP contribution < -0.4 is 0 Å². The molecule has 1 heterocycles. The van der Waals surface area contributed by atoms with E-state index in [-0.39, 0.29) is 11.3 Å². The Morgan fingerprint density at radius 2 is 1.68 bits per heavy atom. The number of esters is 3. The van der Waals surface area contributed by atoms with Gasteiger partial charge in [-0.2, -0.15) is 0 Å². The summed E-state index contributed by atoms with van der Waals surface area (Å²) in [5, 5.41) is 0. The van der Waals surface area contributed by atoms with Gasteiger partial charge in [0, 0.05) is 5.69 Å². The predicted octanol–water partition coefficient (Wildman–Crippen LogP) is 1.92. The number of hydrogen-bond donors (Lipinski definition) is 1. The zero-order valence-electron chi connectivity index (χ0n) is 13.7. The molecule has 0 saturated heterocycles. The lowest BCUT2D eigenvalue weighted by Crippen LogP contribution is -2.27. The summed E-state index contributed by atoms with van der Waals surface area (Å²) in [6.07, 6.45) is 0. The summed E-state index contributed by atoms with van der Waals surface area (Å²) in [6, 6.07) is 0. The summed E-state index contributed by atoms with van der Waals surface area (Å²) < 4.78 is 14.6. The van der Waals surface area contributed by atoms with Gasteiger partial charge >= 0.3 is 17.9 Å². The highest BCUT2D eigenvalue weighted by molar-refractivity contribution is 5.98. The highest BCUT2D eigenvalue weighted by Crippen LogP contribution is 2.19. The van der Waals surface area contributed by atoms with Crippen molar-refractivity contribution >= 4 is 17.9 Å². The lowest BCUT2D eigenvalue weighted by atomic mass is 10.1. The number of methoxy groups -OCH3 is 1. The van der Waals surface area contributed by atoms with E-state index in [2.05, 4.69) is 9.72 Å². The van der Waals surface area contributed by atoms with Crippen molar-refractivity contribution in [2.45, 2.75) is 40.2 Å². The molecule has 22 heavy (non-hydrogen) atoms. The highest BCUT2D eigenvalue weighted by Gasteiger charge is 2.24. The van der Waals surface area contributed by atoms with Crippen molar-refractivity contribution in [1.82, 2.24) is 4.98 Å². The first-order chi connectivity index (χ1) is 10.1. The van der Waals surface area contributed by atoms with Crippen molar-refractivity contribution < 1.29 is 28.6 Å². The second-order valence-corrected chi connectivity index (χ2v) is 5.78. The van der Waals surface area contributed by atoms with Crippen LogP contribution in [-0.4, -0.2) is 42.2 Å². The number of carbonyl (C=O) groups is 3. The standard InChI is InChI=1S/C15H21NO6/c1-8-11(13(18)20-6)9(2)16-12(8)14(19)21-7-10(17)22-15(3,4)5/h16H,7H2,1-6H3. The number of aromatic nitrogens is 1. The summed E-state index contributed by atoms with van der Waals surface area (Å²) in [5.74, 6) is -1.92. The summed E-state index contributed by atoms with van der Waals surface area (Å²) in [5.41, 5.74) is 0.654. The summed E-state index contributed by atoms with van der Waals surface area (Å²) in [4.78, 5) is 37.9. The number of carbonyl (C=O) groups excluding carboxylic acids is 3. The Kier molecular flexibility index (Phi) is 5.35. The highest BCUT2D eigenvalue weighted by atomic mass is 16.6. The molecule has 122 valence electrons. The van der Waals surface area contributed by atoms with Crippen LogP contribution in [0.2, 0.25) is 0 Å². The minimum absolute atomic E-state index is 0.112. The molecule has 0 aliphatic carbocycles. The van der Waals surface area contributed by atoms with Gasteiger partial charge in [-0.1, -0.05) is 0 Å². The average molecular weight is 311 g/mol. The van der Waals surface area contributed by atoms with Crippen LogP contribution in [0, 0.1) is 13.8 Å². The zero-order valence-corrected chi connectivity index (χ0v) is 13.7. The Bertz CT molecular complexity index is 594. The summed E-state index contributed by atoms with van der Waals surface area (Å²) in [7, 11) is 1.26. The molecule has 0 spiro atoms. The van der Waals surface area contributed by atoms with Crippen LogP contribution in [0.1, 0.15) is 52.9 Å². The van der Waals surface area contributed by atoms with Crippen LogP contribution in [0.3, 0.4) is 0 Å². The number of H-pyrrole nitrogens is 1. The van der Waals surface area contributed by atoms with Gasteiger partial charge in [-0.25, -0.2) is 14.4 Å². The zero-order chi connectivity index (χ0) is 17.1. The largest absolute Gasteiger partial charge is 0.465 e. The third-order valence-electron chi connectivity index (χ3n) is 2.77. The van der Waals surface area contributed by atoms with Crippen molar-refractivity contribution in [2.24, 2.45) is 0 Å². The van der Waals surface area contributed by atoms with Crippen molar-refractivity contribution in [3.05, 3.63) is 22.5 Å². The molecule has 1 rings (SSSR count). The fraction of sp³-hybridized carbons (Fsp3) is 0.533. The third kappa shape index (κ3) is 4.34. The molecule has 0 bridgehead atoms. The smallest absolute Gasteiger partial charge is 0.355 e. The van der Waals surface area contributed by atoms with Gasteiger partial charge < -0.3 is 19.2 Å². The van der Waals surface area contributed by atoms with Crippen LogP contribution in [-0.2, 0) is 19.0 Å². The molecular weight excluding hydrogens is 290 g/mol. The van der Waals surface area contributed by atoms with Gasteiger partial charge in [-0.05, 0) is 40.2 Å². The molecule has 0 aliphatic rings. The topological polar surface area (TPSA) is 94.7 Å². The van der Waals surface area contributed by atoms with Gasteiger partial charge in [-0.3, -0.25) is 0 Å². The number of nitrogens with one attached hydrogen (secondary N) is 1. The maximum Gasteiger partial charge on any atom is 0.355 e. The Balaban J connectivity index is 2.79. The maximum atomic E-state index is 12.0. The van der Waals surface area contributed by atoms with Crippen LogP contribution in [0.25, 0.3) is 0 Å². The first kappa shape index (κ1) is 17.7. The van der Waals surface area contributed by atoms with Crippen LogP contribution >= 0.6 is 0 Å². The molecule has 0 saturated carbocycles. The Labute approximate surface area is 128 Å². The van der Waals surface area contributed by atoms with E-state index in [1.54, 1.807) is 34.6 Å². The van der Waals surface area contributed by atoms with Crippen LogP contribution in [0.5, 0.6) is 0 Å². The number of aryl methyl sites for hydroxylation is 1. The van der Waals surface area contributed by atoms with E-state index in [1.165, 1.54) is 7.11 Å². The van der Waals surface area contributed by atoms with E-state index in [1.807, 2.05) is 0 Å². The third-order valence-corrected chi connectivity index (χ3v) is 2.77. The Morgan fingerprint density at radius 1 is 1.09 bits per heavy atom. The van der Waals surface area contributed by atoms with Gasteiger partial charge in [-0.15, -0.1) is 0 Å². The molecule has 0 aliphatic heterocycles. The van der Waals surface area contributed by atoms with Crippen molar-refractivity contribution in [3.8, 4) is 0 Å². The normalized spacial score (nSPS) is 11.0. The number of aromatic amines is 1. The van der Waals surface area contributed by atoms with E-state index in [0.717, 1.165) is 0 Å². The first-order valence-corrected chi connectivity index (χ1v) is 6.73. The average Bonchev–Trinajstić information content (AvgIpc) is 2.68. The van der Waals surface area contributed by atoms with Gasteiger partial charge in [0.2, 0.25) is 0 Å². The van der Waals surface area contributed by atoms with Crippen molar-refractivity contribution in [3.63, 3.8) is 0 Å². The second kappa shape index (κ2) is 6.64. The van der Waals surface area contributed by atoms with Gasteiger partial charge in [0.15, 0.2) is 6.61 Å². The first-order valence-electron chi connectivity index (χ1n) is 6.73. The molecule has 1 aromatic rings. The predicted molar refractivity (Wildman–Crippen MR) is 77.7 cm³/mol. The molecule has 0 aromatic carbocycles. The molecule has 0 atom stereocenters. The number of rotatable bonds is 4. The minimum atomic E-state index is -0.735. The second-order valence-electron chi connectivity index (χ2n) is 5.78. The lowest BCUT2D eigenvalue weighted by Gasteiger charge is -2.19. The fourth-order valence-corrected chi connectivity index (χ4v) is 1.93. The van der Waals surface area contributed by atoms with E-state index < -0.39 is 30.1 Å². The van der Waals surface area contributed by atoms with Crippen LogP contribution in [0.15, 0.2) is 0 Å². The number of ether oxygens (including phenoxy) is 3. The van der Waals surface area contributed by atoms with E-state index in [9.17, 15) is 14.4 Å². The number of hydrogen-bond acceptors (Lipinski definition) is 6. The van der Waals surface area contributed by atoms with Gasteiger partial charge in [0.05, 0.1) is 12.7 Å². The van der Waals surface area contributed by atoms with E-state index in [0.29, 0.717) is 11.3 Å². The molecule has 0 amide bonds. The molecule has 0 radical (unpaired) electrons. The molecule has 0 unspecified atom stereocenters. The van der Waals surface area contributed by atoms with Crippen LogP contribution in [0.4, 0.5) is 0 Å². The minimum Gasteiger partial charge on any atom is -0.465 e. The Morgan fingerprint density at radius 3 is 2.18 bits per heavy atom. The Hall–Kier alpha value is -2.31. The molecule has 1 N–H and O–H groups in total. The molecular formula is C15H21NO6.